The molecular formula is C97H117N8O9S+. The first kappa shape index (κ1) is 98.4. The first-order valence-electron chi connectivity index (χ1n) is 38.0. The van der Waals surface area contributed by atoms with Crippen LogP contribution in [-0.4, -0.2) is 93.2 Å². The van der Waals surface area contributed by atoms with E-state index in [1.54, 1.807) is 14.2 Å². The van der Waals surface area contributed by atoms with Crippen LogP contribution in [0.15, 0.2) is 294 Å². The summed E-state index contributed by atoms with van der Waals surface area (Å²) in [6.07, 6.45) is 2.32. The highest BCUT2D eigenvalue weighted by atomic mass is 32.2. The average Bonchev–Trinajstić information content (AvgIpc) is 1.67. The zero-order valence-electron chi connectivity index (χ0n) is 71.0. The monoisotopic (exact) mass is 1570 g/mol. The van der Waals surface area contributed by atoms with Gasteiger partial charge in [0.2, 0.25) is 0 Å². The van der Waals surface area contributed by atoms with Gasteiger partial charge in [0.1, 0.15) is 61.3 Å². The van der Waals surface area contributed by atoms with Crippen LogP contribution in [0.3, 0.4) is 0 Å². The molecule has 0 unspecified atom stereocenters. The maximum Gasteiger partial charge on any atom is 0.285 e. The fourth-order valence-corrected chi connectivity index (χ4v) is 9.75. The normalized spacial score (nSPS) is 9.55. The number of aryl methyl sites for hydroxylation is 4. The highest BCUT2D eigenvalue weighted by Gasteiger charge is 2.19. The van der Waals surface area contributed by atoms with Gasteiger partial charge >= 0.3 is 0 Å². The van der Waals surface area contributed by atoms with Gasteiger partial charge < -0.3 is 42.7 Å². The molecule has 15 rings (SSSR count). The SMILES string of the molecule is CC.CC.CC.CC(C)=O.CC(C)=O.CC(C)=O.CC(C)=O.COC.CS(C)(=O)=O.Cc1[nH]c(-c2ccc(-c3[nH]c(C)c(-c4ccccc4)[nH+]3)cc2)nc1-c1ccccc1.Cc1nc2cc(-c3ccc4oc(C)nc4c3)ccc2o1.c1ccc(-c2nc(-c3ccccc3)c(-c3ccccc3)[nH]2)cc1.c1ccccc1.c1ccccc1. The van der Waals surface area contributed by atoms with Crippen molar-refractivity contribution in [1.29, 1.82) is 0 Å². The number of aromatic nitrogens is 8. The number of hydrogen-bond donors (Lipinski definition) is 3. The Kier molecular flexibility index (Phi) is 47.7. The predicted octanol–water partition coefficient (Wildman–Crippen LogP) is 24.3. The molecule has 0 aliphatic heterocycles. The Morgan fingerprint density at radius 2 is 0.591 bits per heavy atom. The number of methoxy groups -OCH3 is 1. The van der Waals surface area contributed by atoms with Crippen LogP contribution in [0.2, 0.25) is 0 Å². The molecule has 0 saturated carbocycles. The highest BCUT2D eigenvalue weighted by Crippen LogP contribution is 2.34. The van der Waals surface area contributed by atoms with Crippen LogP contribution in [0.4, 0.5) is 0 Å². The Labute approximate surface area is 682 Å². The van der Waals surface area contributed by atoms with E-state index in [0.29, 0.717) is 11.8 Å². The molecule has 0 fully saturated rings. The molecule has 0 amide bonds. The van der Waals surface area contributed by atoms with E-state index in [-0.39, 0.29) is 23.1 Å². The van der Waals surface area contributed by atoms with Crippen molar-refractivity contribution < 1.29 is 46.2 Å². The zero-order valence-corrected chi connectivity index (χ0v) is 71.8. The lowest BCUT2D eigenvalue weighted by Crippen LogP contribution is -2.05. The van der Waals surface area contributed by atoms with Gasteiger partial charge in [0.15, 0.2) is 28.6 Å². The summed E-state index contributed by atoms with van der Waals surface area (Å²) >= 11 is 0. The minimum Gasteiger partial charge on any atom is -0.441 e. The van der Waals surface area contributed by atoms with Gasteiger partial charge in [-0.3, -0.25) is 0 Å². The molecule has 0 spiro atoms. The largest absolute Gasteiger partial charge is 0.441 e. The van der Waals surface area contributed by atoms with Crippen molar-refractivity contribution in [2.45, 2.75) is 125 Å². The lowest BCUT2D eigenvalue weighted by atomic mass is 10.0. The second kappa shape index (κ2) is 55.7. The van der Waals surface area contributed by atoms with Crippen molar-refractivity contribution in [3.05, 3.63) is 308 Å². The fraction of sp³-hybridized carbons (Fsp3) is 0.227. The van der Waals surface area contributed by atoms with Gasteiger partial charge in [-0.05, 0) is 110 Å². The number of fused-ring (bicyclic) bond motifs is 2. The average molecular weight is 1570 g/mol. The molecule has 18 heteroatoms. The minimum absolute atomic E-state index is 0.167. The van der Waals surface area contributed by atoms with E-state index in [4.69, 9.17) is 18.8 Å². The lowest BCUT2D eigenvalue weighted by molar-refractivity contribution is -0.349. The summed E-state index contributed by atoms with van der Waals surface area (Å²) in [4.78, 5) is 70.2. The standard InChI is InChI=1S/C26H22N4.C21H16N2.C16H12N2O2.2C6H6.4C3H6O.C2H6O2S.C2H6O.3C2H6/c1-17-23(19-9-5-3-6-10-19)29-25(27-17)21-13-15-22(16-14-21)26-28-18(2)24(30-26)20-11-7-4-8-12-20;1-4-10-16(11-5-1)19-20(17-12-6-2-7-13-17)23-21(22-19)18-14-8-3-9-15-18;1-9-17-13-7-11(3-5-15(13)19-9)12-4-6-16-14(8-12)18-10(2)20-16;2*1-2-4-6-5-3-1;4*1-3(2)4;1-5(2,3)4;1-3-2;3*1-2/h3-16H,1-2H3,(H,27,29)(H,28,30);1-15H,(H,22,23);3-8H,1-2H3;2*1-6H;4*1-2H3;1-2H3;1-2H3;3*1-2H3/p+1. The molecular weight excluding hydrogens is 1450 g/mol. The van der Waals surface area contributed by atoms with E-state index in [9.17, 15) is 27.6 Å². The molecule has 0 aliphatic carbocycles. The number of oxazole rings is 2. The highest BCUT2D eigenvalue weighted by molar-refractivity contribution is 7.89. The fourth-order valence-electron chi connectivity index (χ4n) is 9.75. The zero-order chi connectivity index (χ0) is 85.7. The number of imidazole rings is 3. The third-order valence-electron chi connectivity index (χ3n) is 13.9. The van der Waals surface area contributed by atoms with Crippen LogP contribution in [0.5, 0.6) is 0 Å². The number of ether oxygens (including phenoxy) is 1. The van der Waals surface area contributed by atoms with Crippen LogP contribution in [0, 0.1) is 27.7 Å². The van der Waals surface area contributed by atoms with Crippen molar-refractivity contribution in [2.24, 2.45) is 0 Å². The van der Waals surface area contributed by atoms with Crippen molar-refractivity contribution in [3.63, 3.8) is 0 Å². The summed E-state index contributed by atoms with van der Waals surface area (Å²) in [7, 11) is 0.583. The molecule has 115 heavy (non-hydrogen) atoms. The van der Waals surface area contributed by atoms with Crippen LogP contribution in [-0.2, 0) is 33.8 Å². The predicted molar refractivity (Wildman–Crippen MR) is 478 cm³/mol. The third-order valence-corrected chi connectivity index (χ3v) is 13.9. The van der Waals surface area contributed by atoms with Crippen LogP contribution in [0.1, 0.15) is 120 Å². The van der Waals surface area contributed by atoms with Gasteiger partial charge in [-0.25, -0.2) is 38.3 Å². The first-order valence-corrected chi connectivity index (χ1v) is 40.3. The number of H-pyrrole nitrogens is 4. The van der Waals surface area contributed by atoms with E-state index in [1.165, 1.54) is 61.0 Å². The van der Waals surface area contributed by atoms with Crippen molar-refractivity contribution in [3.8, 4) is 90.3 Å². The molecule has 0 bridgehead atoms. The number of sulfone groups is 1. The number of nitrogens with zero attached hydrogens (tertiary/aromatic N) is 4. The molecule has 0 atom stereocenters. The number of benzene rings is 10. The first-order chi connectivity index (χ1) is 55.1. The minimum atomic E-state index is -2.67. The number of carbonyl (C=O) groups excluding carboxylic acids is 4. The number of ketones is 4. The number of rotatable bonds is 8. The molecule has 4 N–H and O–H groups in total. The Bertz CT molecular complexity index is 4860. The number of carbonyl (C=O) groups is 4. The van der Waals surface area contributed by atoms with Gasteiger partial charge in [-0.1, -0.05) is 290 Å². The van der Waals surface area contributed by atoms with E-state index in [2.05, 4.69) is 146 Å². The molecule has 10 aromatic carbocycles. The van der Waals surface area contributed by atoms with Crippen molar-refractivity contribution in [1.82, 2.24) is 34.9 Å². The molecule has 17 nitrogen and oxygen atoms in total. The van der Waals surface area contributed by atoms with Gasteiger partial charge in [0.25, 0.3) is 5.82 Å². The molecule has 15 aromatic rings. The van der Waals surface area contributed by atoms with E-state index < -0.39 is 9.84 Å². The second-order valence-corrected chi connectivity index (χ2v) is 27.5. The number of aromatic amines is 4. The molecule has 5 heterocycles. The third kappa shape index (κ3) is 39.4. The van der Waals surface area contributed by atoms with Crippen molar-refractivity contribution >= 4 is 55.2 Å². The van der Waals surface area contributed by atoms with E-state index >= 15 is 0 Å². The molecule has 0 radical (unpaired) electrons. The van der Waals surface area contributed by atoms with Crippen LogP contribution < -0.4 is 4.98 Å². The summed E-state index contributed by atoms with van der Waals surface area (Å²) in [5.41, 5.74) is 19.7. The van der Waals surface area contributed by atoms with E-state index in [0.717, 1.165) is 131 Å². The summed E-state index contributed by atoms with van der Waals surface area (Å²) in [5, 5.41) is 0. The Hall–Kier alpha value is -12.6. The summed E-state index contributed by atoms with van der Waals surface area (Å²) < 4.78 is 34.5. The number of nitrogens with one attached hydrogen (secondary N) is 4. The Morgan fingerprint density at radius 3 is 0.939 bits per heavy atom. The summed E-state index contributed by atoms with van der Waals surface area (Å²) in [6, 6.07) is 96.0. The maximum atomic E-state index is 9.63. The Morgan fingerprint density at radius 1 is 0.330 bits per heavy atom. The topological polar surface area (TPSA) is 251 Å². The second-order valence-electron chi connectivity index (χ2n) is 25.2. The smallest absolute Gasteiger partial charge is 0.285 e. The molecule has 604 valence electrons. The van der Waals surface area contributed by atoms with Gasteiger partial charge in [0.05, 0.1) is 22.6 Å². The Balaban J connectivity index is 0.000000473. The van der Waals surface area contributed by atoms with Gasteiger partial charge in [0, 0.05) is 86.6 Å². The number of Topliss-reactive ketones (excluding diaryl/α,β-unsaturated/α-hetero) is 4. The van der Waals surface area contributed by atoms with Crippen LogP contribution >= 0.6 is 0 Å². The maximum absolute atomic E-state index is 9.63. The summed E-state index contributed by atoms with van der Waals surface area (Å²) in [6.45, 7) is 32.1. The van der Waals surface area contributed by atoms with E-state index in [1.807, 2.05) is 243 Å². The molecule has 5 aromatic heterocycles. The van der Waals surface area contributed by atoms with Gasteiger partial charge in [-0.2, -0.15) is 0 Å². The van der Waals surface area contributed by atoms with Gasteiger partial charge in [-0.15, -0.1) is 0 Å². The lowest BCUT2D eigenvalue weighted by Gasteiger charge is -2.02. The summed E-state index contributed by atoms with van der Waals surface area (Å²) in [5.74, 6) is 4.80. The quantitative estimate of drug-likeness (QED) is 0.128. The van der Waals surface area contributed by atoms with Crippen LogP contribution in [0.25, 0.3) is 113 Å². The molecule has 0 aliphatic rings. The van der Waals surface area contributed by atoms with Crippen molar-refractivity contribution in [2.75, 3.05) is 26.7 Å². The molecule has 0 saturated heterocycles. The number of hydrogen-bond acceptors (Lipinski definition) is 13.